The molecular weight excluding hydrogens is 468 g/mol. The lowest BCUT2D eigenvalue weighted by Gasteiger charge is -2.40. The molecule has 1 aliphatic heterocycles. The second-order valence-electron chi connectivity index (χ2n) is 8.39. The highest BCUT2D eigenvalue weighted by Crippen LogP contribution is 2.30. The van der Waals surface area contributed by atoms with Crippen LogP contribution in [0.5, 0.6) is 0 Å². The maximum Gasteiger partial charge on any atom is 0.264 e. The van der Waals surface area contributed by atoms with Gasteiger partial charge in [-0.05, 0) is 54.8 Å². The van der Waals surface area contributed by atoms with Gasteiger partial charge in [0.25, 0.3) is 5.91 Å². The zero-order valence-corrected chi connectivity index (χ0v) is 20.0. The largest absolute Gasteiger partial charge is 0.338 e. The SMILES string of the molecule is C[C@H]1CN(c2nc3ccccc3c3nnc(-c4ccc(Cl)cc4)n23)CCN1C(=O)c1cccs1. The van der Waals surface area contributed by atoms with Gasteiger partial charge in [0.15, 0.2) is 11.5 Å². The van der Waals surface area contributed by atoms with E-state index in [1.165, 1.54) is 11.3 Å². The number of piperazine rings is 1. The Kier molecular flexibility index (Phi) is 5.19. The number of amides is 1. The Morgan fingerprint density at radius 2 is 1.85 bits per heavy atom. The van der Waals surface area contributed by atoms with Crippen LogP contribution in [-0.4, -0.2) is 56.1 Å². The summed E-state index contributed by atoms with van der Waals surface area (Å²) in [5, 5.41) is 12.6. The quantitative estimate of drug-likeness (QED) is 0.357. The van der Waals surface area contributed by atoms with Crippen molar-refractivity contribution in [2.24, 2.45) is 0 Å². The van der Waals surface area contributed by atoms with Crippen molar-refractivity contribution in [3.63, 3.8) is 0 Å². The van der Waals surface area contributed by atoms with Crippen molar-refractivity contribution in [2.75, 3.05) is 24.5 Å². The van der Waals surface area contributed by atoms with Gasteiger partial charge >= 0.3 is 0 Å². The Balaban J connectivity index is 1.44. The van der Waals surface area contributed by atoms with Gasteiger partial charge in [-0.25, -0.2) is 9.38 Å². The minimum Gasteiger partial charge on any atom is -0.338 e. The number of benzene rings is 2. The second kappa shape index (κ2) is 8.38. The van der Waals surface area contributed by atoms with E-state index in [0.29, 0.717) is 30.5 Å². The highest BCUT2D eigenvalue weighted by atomic mass is 35.5. The molecule has 1 fully saturated rings. The molecule has 0 aliphatic carbocycles. The Morgan fingerprint density at radius 1 is 1.03 bits per heavy atom. The number of carbonyl (C=O) groups excluding carboxylic acids is 1. The number of anilines is 1. The number of thiophene rings is 1. The molecule has 1 aliphatic rings. The molecule has 0 saturated carbocycles. The first kappa shape index (κ1) is 21.1. The summed E-state index contributed by atoms with van der Waals surface area (Å²) in [6.07, 6.45) is 0. The fourth-order valence-corrected chi connectivity index (χ4v) is 5.35. The summed E-state index contributed by atoms with van der Waals surface area (Å²) in [4.78, 5) is 23.0. The molecule has 0 N–H and O–H groups in total. The normalized spacial score (nSPS) is 16.5. The van der Waals surface area contributed by atoms with Crippen LogP contribution in [0.1, 0.15) is 16.6 Å². The van der Waals surface area contributed by atoms with E-state index in [2.05, 4.69) is 22.0 Å². The van der Waals surface area contributed by atoms with Crippen LogP contribution in [0.25, 0.3) is 27.9 Å². The number of aromatic nitrogens is 4. The minimum atomic E-state index is 0.0298. The van der Waals surface area contributed by atoms with Crippen LogP contribution in [0, 0.1) is 0 Å². The summed E-state index contributed by atoms with van der Waals surface area (Å²) in [5.41, 5.74) is 2.54. The van der Waals surface area contributed by atoms with Crippen LogP contribution >= 0.6 is 22.9 Å². The monoisotopic (exact) mass is 488 g/mol. The topological polar surface area (TPSA) is 66.6 Å². The number of hydrogen-bond donors (Lipinski definition) is 0. The third-order valence-corrected chi connectivity index (χ3v) is 7.34. The van der Waals surface area contributed by atoms with E-state index in [-0.39, 0.29) is 11.9 Å². The molecular formula is C25H21ClN6OS. The standard InChI is InChI=1S/C25H21ClN6OS/c1-16-15-30(12-13-31(16)24(33)21-7-4-14-34-21)25-27-20-6-3-2-5-19(20)23-29-28-22(32(23)25)17-8-10-18(26)11-9-17/h2-11,14,16H,12-13,15H2,1H3/t16-/m0/s1. The van der Waals surface area contributed by atoms with Gasteiger partial charge in [-0.2, -0.15) is 0 Å². The van der Waals surface area contributed by atoms with Gasteiger partial charge < -0.3 is 9.80 Å². The molecule has 0 bridgehead atoms. The number of hydrogen-bond acceptors (Lipinski definition) is 6. The summed E-state index contributed by atoms with van der Waals surface area (Å²) in [7, 11) is 0. The molecule has 1 saturated heterocycles. The van der Waals surface area contributed by atoms with Crippen LogP contribution in [0.2, 0.25) is 5.02 Å². The number of halogens is 1. The average molecular weight is 489 g/mol. The molecule has 7 nitrogen and oxygen atoms in total. The first-order valence-corrected chi connectivity index (χ1v) is 12.3. The summed E-state index contributed by atoms with van der Waals surface area (Å²) in [6.45, 7) is 4.03. The maximum atomic E-state index is 13.0. The lowest BCUT2D eigenvalue weighted by atomic mass is 10.1. The highest BCUT2D eigenvalue weighted by Gasteiger charge is 2.31. The molecule has 1 amide bonds. The first-order chi connectivity index (χ1) is 16.6. The van der Waals surface area contributed by atoms with E-state index in [4.69, 9.17) is 16.6 Å². The van der Waals surface area contributed by atoms with Crippen LogP contribution in [0.3, 0.4) is 0 Å². The lowest BCUT2D eigenvalue weighted by molar-refractivity contribution is 0.0678. The van der Waals surface area contributed by atoms with Crippen molar-refractivity contribution >= 4 is 51.3 Å². The molecule has 6 rings (SSSR count). The van der Waals surface area contributed by atoms with E-state index in [1.54, 1.807) is 0 Å². The Bertz CT molecular complexity index is 1500. The lowest BCUT2D eigenvalue weighted by Crippen LogP contribution is -2.54. The average Bonchev–Trinajstić information content (AvgIpc) is 3.55. The molecule has 9 heteroatoms. The third-order valence-electron chi connectivity index (χ3n) is 6.23. The predicted octanol–water partition coefficient (Wildman–Crippen LogP) is 5.01. The molecule has 0 radical (unpaired) electrons. The molecule has 1 atom stereocenters. The van der Waals surface area contributed by atoms with Crippen molar-refractivity contribution < 1.29 is 4.79 Å². The molecule has 34 heavy (non-hydrogen) atoms. The molecule has 3 aromatic heterocycles. The van der Waals surface area contributed by atoms with Gasteiger partial charge in [0, 0.05) is 41.6 Å². The molecule has 0 unspecified atom stereocenters. The zero-order valence-electron chi connectivity index (χ0n) is 18.4. The van der Waals surface area contributed by atoms with Gasteiger partial charge in [-0.15, -0.1) is 21.5 Å². The fraction of sp³-hybridized carbons (Fsp3) is 0.200. The Labute approximate surface area is 205 Å². The predicted molar refractivity (Wildman–Crippen MR) is 136 cm³/mol. The summed E-state index contributed by atoms with van der Waals surface area (Å²) in [6, 6.07) is 19.4. The van der Waals surface area contributed by atoms with Gasteiger partial charge in [0.05, 0.1) is 10.4 Å². The molecule has 2 aromatic carbocycles. The van der Waals surface area contributed by atoms with Crippen molar-refractivity contribution in [1.29, 1.82) is 0 Å². The van der Waals surface area contributed by atoms with Crippen molar-refractivity contribution in [2.45, 2.75) is 13.0 Å². The van der Waals surface area contributed by atoms with E-state index >= 15 is 0 Å². The van der Waals surface area contributed by atoms with Crippen molar-refractivity contribution in [1.82, 2.24) is 24.5 Å². The summed E-state index contributed by atoms with van der Waals surface area (Å²) in [5.74, 6) is 1.58. The number of nitrogens with zero attached hydrogens (tertiary/aromatic N) is 6. The third kappa shape index (κ3) is 3.50. The Hall–Kier alpha value is -3.49. The van der Waals surface area contributed by atoms with Crippen LogP contribution < -0.4 is 4.90 Å². The number of rotatable bonds is 3. The van der Waals surface area contributed by atoms with E-state index in [0.717, 1.165) is 32.9 Å². The van der Waals surface area contributed by atoms with E-state index in [9.17, 15) is 4.79 Å². The number of fused-ring (bicyclic) bond motifs is 3. The summed E-state index contributed by atoms with van der Waals surface area (Å²) >= 11 is 7.60. The van der Waals surface area contributed by atoms with Gasteiger partial charge in [0.1, 0.15) is 0 Å². The highest BCUT2D eigenvalue weighted by molar-refractivity contribution is 7.12. The first-order valence-electron chi connectivity index (χ1n) is 11.1. The van der Waals surface area contributed by atoms with Crippen LogP contribution in [0.4, 0.5) is 5.95 Å². The van der Waals surface area contributed by atoms with Crippen LogP contribution in [-0.2, 0) is 0 Å². The van der Waals surface area contributed by atoms with Gasteiger partial charge in [-0.1, -0.05) is 29.8 Å². The van der Waals surface area contributed by atoms with Gasteiger partial charge in [-0.3, -0.25) is 4.79 Å². The van der Waals surface area contributed by atoms with Crippen LogP contribution in [0.15, 0.2) is 66.0 Å². The van der Waals surface area contributed by atoms with E-state index in [1.807, 2.05) is 75.3 Å². The smallest absolute Gasteiger partial charge is 0.264 e. The minimum absolute atomic E-state index is 0.0298. The fourth-order valence-electron chi connectivity index (χ4n) is 4.55. The summed E-state index contributed by atoms with van der Waals surface area (Å²) < 4.78 is 2.02. The number of para-hydroxylation sites is 1. The van der Waals surface area contributed by atoms with Crippen molar-refractivity contribution in [3.05, 3.63) is 75.9 Å². The van der Waals surface area contributed by atoms with Gasteiger partial charge in [0.2, 0.25) is 5.95 Å². The maximum absolute atomic E-state index is 13.0. The van der Waals surface area contributed by atoms with Crippen molar-refractivity contribution in [3.8, 4) is 11.4 Å². The zero-order chi connectivity index (χ0) is 23.2. The Morgan fingerprint density at radius 3 is 2.62 bits per heavy atom. The van der Waals surface area contributed by atoms with E-state index < -0.39 is 0 Å². The second-order valence-corrected chi connectivity index (χ2v) is 9.77. The molecule has 4 heterocycles. The number of carbonyl (C=O) groups is 1. The molecule has 170 valence electrons. The molecule has 5 aromatic rings. The molecule has 0 spiro atoms.